The molecule has 1 aliphatic heterocycles. The van der Waals surface area contributed by atoms with Crippen LogP contribution in [0.1, 0.15) is 22.8 Å². The number of hydrogen-bond acceptors (Lipinski definition) is 8. The number of hydrogen-bond donors (Lipinski definition) is 1. The van der Waals surface area contributed by atoms with Gasteiger partial charge in [-0.15, -0.1) is 0 Å². The number of nitrogens with zero attached hydrogens (tertiary/aromatic N) is 2. The maximum absolute atomic E-state index is 12.8. The van der Waals surface area contributed by atoms with Crippen LogP contribution in [0.2, 0.25) is 0 Å². The van der Waals surface area contributed by atoms with Crippen LogP contribution in [0.25, 0.3) is 6.08 Å². The van der Waals surface area contributed by atoms with Gasteiger partial charge < -0.3 is 19.3 Å². The van der Waals surface area contributed by atoms with E-state index in [1.54, 1.807) is 44.3 Å². The quantitative estimate of drug-likeness (QED) is 0.382. The van der Waals surface area contributed by atoms with Crippen LogP contribution < -0.4 is 9.47 Å². The first-order valence-electron chi connectivity index (χ1n) is 9.99. The molecule has 0 spiro atoms. The minimum atomic E-state index is -1.02. The number of ether oxygens (including phenoxy) is 3. The summed E-state index contributed by atoms with van der Waals surface area (Å²) < 4.78 is 16.4. The number of likely N-dealkylation sites (N-methyl/N-ethyl adjacent to an activating group) is 1. The fourth-order valence-electron chi connectivity index (χ4n) is 2.85. The van der Waals surface area contributed by atoms with Gasteiger partial charge in [-0.3, -0.25) is 9.69 Å². The van der Waals surface area contributed by atoms with E-state index in [2.05, 4.69) is 20.9 Å². The van der Waals surface area contributed by atoms with Crippen molar-refractivity contribution in [2.75, 3.05) is 27.4 Å². The lowest BCUT2D eigenvalue weighted by atomic mass is 10.2. The third kappa shape index (κ3) is 5.97. The second-order valence-corrected chi connectivity index (χ2v) is 8.70. The molecule has 1 saturated heterocycles. The molecule has 3 rings (SSSR count). The van der Waals surface area contributed by atoms with E-state index >= 15 is 0 Å². The third-order valence-electron chi connectivity index (χ3n) is 4.56. The Morgan fingerprint density at radius 1 is 1.21 bits per heavy atom. The molecule has 0 saturated carbocycles. The standard InChI is InChI=1S/C23H21BrN2O7S/c1-4-32-20(27)12-33-18-11-16(24)14(9-17(18)31-3)10-19-21(28)26(2)23(34-19)25-15-7-5-13(6-8-15)22(29)30/h5-11H,4,12H2,1-3H3,(H,29,30)/b19-10-,25-23?. The summed E-state index contributed by atoms with van der Waals surface area (Å²) in [7, 11) is 3.09. The van der Waals surface area contributed by atoms with E-state index in [1.807, 2.05) is 0 Å². The van der Waals surface area contributed by atoms with Crippen LogP contribution in [0.15, 0.2) is 50.8 Å². The molecule has 1 aliphatic rings. The number of aromatic carboxylic acids is 1. The van der Waals surface area contributed by atoms with Gasteiger partial charge in [0.2, 0.25) is 0 Å². The van der Waals surface area contributed by atoms with E-state index < -0.39 is 11.9 Å². The largest absolute Gasteiger partial charge is 0.493 e. The summed E-state index contributed by atoms with van der Waals surface area (Å²) in [5, 5.41) is 9.48. The monoisotopic (exact) mass is 548 g/mol. The van der Waals surface area contributed by atoms with Gasteiger partial charge in [0.25, 0.3) is 5.91 Å². The molecular formula is C23H21BrN2O7S. The molecule has 0 atom stereocenters. The molecule has 2 aromatic carbocycles. The van der Waals surface area contributed by atoms with Gasteiger partial charge in [0.05, 0.1) is 29.9 Å². The molecule has 34 heavy (non-hydrogen) atoms. The predicted molar refractivity (Wildman–Crippen MR) is 132 cm³/mol. The number of carboxylic acids is 1. The first-order valence-corrected chi connectivity index (χ1v) is 11.6. The summed E-state index contributed by atoms with van der Waals surface area (Å²) >= 11 is 4.66. The van der Waals surface area contributed by atoms with E-state index in [1.165, 1.54) is 35.9 Å². The van der Waals surface area contributed by atoms with E-state index in [0.29, 0.717) is 37.3 Å². The Kier molecular flexibility index (Phi) is 8.35. The zero-order chi connectivity index (χ0) is 24.8. The summed E-state index contributed by atoms with van der Waals surface area (Å²) in [6.07, 6.45) is 1.70. The number of amidine groups is 1. The SMILES string of the molecule is CCOC(=O)COc1cc(Br)c(/C=C2\SC(=Nc3ccc(C(=O)O)cc3)N(C)C2=O)cc1OC. The van der Waals surface area contributed by atoms with Gasteiger partial charge in [-0.25, -0.2) is 14.6 Å². The lowest BCUT2D eigenvalue weighted by Crippen LogP contribution is -2.23. The summed E-state index contributed by atoms with van der Waals surface area (Å²) in [5.74, 6) is -1.02. The van der Waals surface area contributed by atoms with Crippen LogP contribution in [0.4, 0.5) is 5.69 Å². The minimum absolute atomic E-state index is 0.154. The third-order valence-corrected chi connectivity index (χ3v) is 6.31. The number of rotatable bonds is 8. The number of benzene rings is 2. The van der Waals surface area contributed by atoms with Gasteiger partial charge in [0.15, 0.2) is 23.3 Å². The maximum atomic E-state index is 12.8. The predicted octanol–water partition coefficient (Wildman–Crippen LogP) is 4.33. The highest BCUT2D eigenvalue weighted by atomic mass is 79.9. The number of halogens is 1. The topological polar surface area (TPSA) is 115 Å². The van der Waals surface area contributed by atoms with Crippen molar-refractivity contribution in [1.82, 2.24) is 4.90 Å². The Morgan fingerprint density at radius 2 is 1.91 bits per heavy atom. The van der Waals surface area contributed by atoms with Gasteiger partial charge in [-0.05, 0) is 66.7 Å². The van der Waals surface area contributed by atoms with E-state index in [9.17, 15) is 14.4 Å². The lowest BCUT2D eigenvalue weighted by molar-refractivity contribution is -0.145. The molecule has 0 aliphatic carbocycles. The van der Waals surface area contributed by atoms with Crippen molar-refractivity contribution >= 4 is 62.5 Å². The fourth-order valence-corrected chi connectivity index (χ4v) is 4.27. The smallest absolute Gasteiger partial charge is 0.344 e. The Morgan fingerprint density at radius 3 is 2.53 bits per heavy atom. The first-order chi connectivity index (χ1) is 16.2. The molecule has 0 unspecified atom stereocenters. The molecule has 1 heterocycles. The Balaban J connectivity index is 1.83. The zero-order valence-electron chi connectivity index (χ0n) is 18.5. The summed E-state index contributed by atoms with van der Waals surface area (Å²) in [6.45, 7) is 1.71. The maximum Gasteiger partial charge on any atom is 0.344 e. The van der Waals surface area contributed by atoms with E-state index in [4.69, 9.17) is 19.3 Å². The number of amides is 1. The molecular weight excluding hydrogens is 528 g/mol. The number of thioether (sulfide) groups is 1. The number of esters is 1. The van der Waals surface area contributed by atoms with Gasteiger partial charge >= 0.3 is 11.9 Å². The fraction of sp³-hybridized carbons (Fsp3) is 0.217. The van der Waals surface area contributed by atoms with Crippen LogP contribution in [0.3, 0.4) is 0 Å². The van der Waals surface area contributed by atoms with Crippen LogP contribution in [0.5, 0.6) is 11.5 Å². The van der Waals surface area contributed by atoms with Crippen molar-refractivity contribution in [3.63, 3.8) is 0 Å². The Labute approximate surface area is 208 Å². The molecule has 1 amide bonds. The molecule has 2 aromatic rings. The first kappa shape index (κ1) is 25.3. The van der Waals surface area contributed by atoms with E-state index in [0.717, 1.165) is 0 Å². The highest BCUT2D eigenvalue weighted by Gasteiger charge is 2.30. The minimum Gasteiger partial charge on any atom is -0.493 e. The second kappa shape index (κ2) is 11.2. The van der Waals surface area contributed by atoms with Crippen LogP contribution in [-0.2, 0) is 14.3 Å². The highest BCUT2D eigenvalue weighted by Crippen LogP contribution is 2.38. The summed E-state index contributed by atoms with van der Waals surface area (Å²) in [4.78, 5) is 41.7. The number of aliphatic imine (C=N–C) groups is 1. The lowest BCUT2D eigenvalue weighted by Gasteiger charge is -2.12. The average molecular weight is 549 g/mol. The average Bonchev–Trinajstić information content (AvgIpc) is 3.07. The summed E-state index contributed by atoms with van der Waals surface area (Å²) in [5.41, 5.74) is 1.34. The number of carbonyl (C=O) groups excluding carboxylic acids is 2. The van der Waals surface area contributed by atoms with Crippen LogP contribution in [0, 0.1) is 0 Å². The highest BCUT2D eigenvalue weighted by molar-refractivity contribution is 9.10. The van der Waals surface area contributed by atoms with Crippen molar-refractivity contribution in [2.45, 2.75) is 6.92 Å². The van der Waals surface area contributed by atoms with Crippen LogP contribution >= 0.6 is 27.7 Å². The Bertz CT molecular complexity index is 1180. The zero-order valence-corrected chi connectivity index (χ0v) is 20.9. The van der Waals surface area contributed by atoms with Gasteiger partial charge in [-0.2, -0.15) is 0 Å². The number of methoxy groups -OCH3 is 1. The normalized spacial score (nSPS) is 15.6. The Hall–Kier alpha value is -3.31. The van der Waals surface area contributed by atoms with Crippen molar-refractivity contribution in [3.05, 3.63) is 56.9 Å². The molecule has 1 fully saturated rings. The van der Waals surface area contributed by atoms with E-state index in [-0.39, 0.29) is 24.7 Å². The van der Waals surface area contributed by atoms with Crippen molar-refractivity contribution < 1.29 is 33.7 Å². The summed E-state index contributed by atoms with van der Waals surface area (Å²) in [6, 6.07) is 9.40. The molecule has 9 nitrogen and oxygen atoms in total. The second-order valence-electron chi connectivity index (χ2n) is 6.84. The number of carbonyl (C=O) groups is 3. The molecule has 1 N–H and O–H groups in total. The van der Waals surface area contributed by atoms with Gasteiger partial charge in [-0.1, -0.05) is 15.9 Å². The number of carboxylic acid groups (broad SMARTS) is 1. The van der Waals surface area contributed by atoms with Crippen molar-refractivity contribution in [1.29, 1.82) is 0 Å². The van der Waals surface area contributed by atoms with Crippen LogP contribution in [-0.4, -0.2) is 60.4 Å². The van der Waals surface area contributed by atoms with Gasteiger partial charge in [0.1, 0.15) is 0 Å². The molecule has 0 aromatic heterocycles. The molecule has 178 valence electrons. The van der Waals surface area contributed by atoms with Gasteiger partial charge in [0, 0.05) is 11.5 Å². The molecule has 0 bridgehead atoms. The van der Waals surface area contributed by atoms with Crippen molar-refractivity contribution in [3.8, 4) is 11.5 Å². The molecule has 11 heteroatoms. The van der Waals surface area contributed by atoms with Crippen molar-refractivity contribution in [2.24, 2.45) is 4.99 Å². The molecule has 0 radical (unpaired) electrons.